The lowest BCUT2D eigenvalue weighted by Crippen LogP contribution is -2.46. The molecule has 1 amide bonds. The van der Waals surface area contributed by atoms with Gasteiger partial charge in [0.1, 0.15) is 11.4 Å². The fraction of sp³-hybridized carbons (Fsp3) is 0.562. The normalized spacial score (nSPS) is 19.5. The molecule has 1 atom stereocenters. The lowest BCUT2D eigenvalue weighted by molar-refractivity contribution is -0.125. The quantitative estimate of drug-likeness (QED) is 0.839. The Bertz CT molecular complexity index is 508. The molecule has 0 saturated carbocycles. The number of ketones is 1. The second kappa shape index (κ2) is 6.24. The third kappa shape index (κ3) is 4.55. The Morgan fingerprint density at radius 1 is 1.43 bits per heavy atom. The van der Waals surface area contributed by atoms with Gasteiger partial charge in [0, 0.05) is 43.7 Å². The number of ether oxygens (including phenoxy) is 1. The van der Waals surface area contributed by atoms with Crippen molar-refractivity contribution in [1.82, 2.24) is 9.88 Å². The molecule has 1 aliphatic heterocycles. The van der Waals surface area contributed by atoms with Gasteiger partial charge >= 0.3 is 6.09 Å². The van der Waals surface area contributed by atoms with Gasteiger partial charge in [0.05, 0.1) is 0 Å². The van der Waals surface area contributed by atoms with E-state index in [1.54, 1.807) is 11.1 Å². The summed E-state index contributed by atoms with van der Waals surface area (Å²) in [5, 5.41) is 0. The Morgan fingerprint density at radius 2 is 2.19 bits per heavy atom. The molecule has 0 N–H and O–H groups in total. The zero-order valence-corrected chi connectivity index (χ0v) is 12.8. The number of carbonyl (C=O) groups excluding carboxylic acids is 2. The molecule has 0 aliphatic carbocycles. The highest BCUT2D eigenvalue weighted by Gasteiger charge is 2.32. The summed E-state index contributed by atoms with van der Waals surface area (Å²) >= 11 is 0. The number of carbonyl (C=O) groups is 2. The van der Waals surface area contributed by atoms with Crippen LogP contribution in [0.5, 0.6) is 0 Å². The summed E-state index contributed by atoms with van der Waals surface area (Å²) < 4.78 is 5.37. The first-order valence-corrected chi connectivity index (χ1v) is 7.26. The fourth-order valence-corrected chi connectivity index (χ4v) is 2.35. The van der Waals surface area contributed by atoms with E-state index in [0.29, 0.717) is 25.9 Å². The lowest BCUT2D eigenvalue weighted by Gasteiger charge is -2.33. The maximum absolute atomic E-state index is 12.1. The van der Waals surface area contributed by atoms with Crippen LogP contribution in [0.4, 0.5) is 4.79 Å². The number of Topliss-reactive ketones (excluding diaryl/α,β-unsaturated/α-hetero) is 1. The van der Waals surface area contributed by atoms with Gasteiger partial charge in [-0.2, -0.15) is 0 Å². The van der Waals surface area contributed by atoms with Crippen molar-refractivity contribution in [3.05, 3.63) is 30.1 Å². The molecular formula is C16H22N2O3. The van der Waals surface area contributed by atoms with E-state index in [9.17, 15) is 9.59 Å². The van der Waals surface area contributed by atoms with Gasteiger partial charge in [-0.1, -0.05) is 6.07 Å². The topological polar surface area (TPSA) is 59.5 Å². The van der Waals surface area contributed by atoms with E-state index < -0.39 is 5.60 Å². The second-order valence-corrected chi connectivity index (χ2v) is 6.36. The highest BCUT2D eigenvalue weighted by Crippen LogP contribution is 2.19. The Labute approximate surface area is 125 Å². The Kier molecular flexibility index (Phi) is 4.60. The van der Waals surface area contributed by atoms with Gasteiger partial charge in [0.15, 0.2) is 0 Å². The fourth-order valence-electron chi connectivity index (χ4n) is 2.35. The number of hydrogen-bond acceptors (Lipinski definition) is 4. The van der Waals surface area contributed by atoms with Crippen molar-refractivity contribution >= 4 is 11.9 Å². The minimum absolute atomic E-state index is 0.193. The molecule has 0 aromatic carbocycles. The minimum atomic E-state index is -0.519. The Morgan fingerprint density at radius 3 is 2.81 bits per heavy atom. The first kappa shape index (κ1) is 15.5. The van der Waals surface area contributed by atoms with Crippen molar-refractivity contribution in [2.75, 3.05) is 13.1 Å². The molecule has 1 aromatic heterocycles. The summed E-state index contributed by atoms with van der Waals surface area (Å²) in [7, 11) is 0. The van der Waals surface area contributed by atoms with E-state index in [4.69, 9.17) is 4.74 Å². The van der Waals surface area contributed by atoms with Crippen LogP contribution >= 0.6 is 0 Å². The summed E-state index contributed by atoms with van der Waals surface area (Å²) in [5.41, 5.74) is 0.358. The summed E-state index contributed by atoms with van der Waals surface area (Å²) in [6, 6.07) is 5.65. The van der Waals surface area contributed by atoms with Crippen LogP contribution in [-0.2, 0) is 16.0 Å². The molecule has 21 heavy (non-hydrogen) atoms. The largest absolute Gasteiger partial charge is 0.444 e. The number of nitrogens with zero attached hydrogens (tertiary/aromatic N) is 2. The van der Waals surface area contributed by atoms with Crippen LogP contribution in [-0.4, -0.2) is 40.5 Å². The summed E-state index contributed by atoms with van der Waals surface area (Å²) in [6.07, 6.45) is 2.32. The summed E-state index contributed by atoms with van der Waals surface area (Å²) in [4.78, 5) is 30.0. The smallest absolute Gasteiger partial charge is 0.410 e. The van der Waals surface area contributed by atoms with E-state index >= 15 is 0 Å². The van der Waals surface area contributed by atoms with Gasteiger partial charge in [0.25, 0.3) is 0 Å². The van der Waals surface area contributed by atoms with E-state index in [2.05, 4.69) is 4.98 Å². The molecule has 1 fully saturated rings. The van der Waals surface area contributed by atoms with Crippen molar-refractivity contribution < 1.29 is 14.3 Å². The zero-order chi connectivity index (χ0) is 15.5. The van der Waals surface area contributed by atoms with Crippen LogP contribution in [0.25, 0.3) is 0 Å². The standard InChI is InChI=1S/C16H22N2O3/c1-16(2,3)21-15(20)18-9-7-14(19)12(11-18)10-13-6-4-5-8-17-13/h4-6,8,12H,7,9-11H2,1-3H3. The number of pyridine rings is 1. The molecular weight excluding hydrogens is 268 g/mol. The van der Waals surface area contributed by atoms with Crippen LogP contribution in [0.1, 0.15) is 32.9 Å². The Hall–Kier alpha value is -1.91. The molecule has 2 rings (SSSR count). The van der Waals surface area contributed by atoms with Crippen LogP contribution in [0, 0.1) is 5.92 Å². The maximum Gasteiger partial charge on any atom is 0.410 e. The lowest BCUT2D eigenvalue weighted by atomic mass is 9.92. The maximum atomic E-state index is 12.1. The van der Waals surface area contributed by atoms with Gasteiger partial charge in [-0.05, 0) is 32.9 Å². The number of aromatic nitrogens is 1. The molecule has 1 saturated heterocycles. The van der Waals surface area contributed by atoms with Crippen LogP contribution < -0.4 is 0 Å². The predicted molar refractivity (Wildman–Crippen MR) is 78.9 cm³/mol. The molecule has 1 aromatic rings. The number of piperidine rings is 1. The first-order chi connectivity index (χ1) is 9.85. The van der Waals surface area contributed by atoms with Crippen LogP contribution in [0.3, 0.4) is 0 Å². The average Bonchev–Trinajstić information content (AvgIpc) is 2.40. The highest BCUT2D eigenvalue weighted by atomic mass is 16.6. The molecule has 5 nitrogen and oxygen atoms in total. The Balaban J connectivity index is 1.99. The molecule has 1 aliphatic rings. The third-order valence-corrected chi connectivity index (χ3v) is 3.36. The van der Waals surface area contributed by atoms with E-state index in [0.717, 1.165) is 5.69 Å². The van der Waals surface area contributed by atoms with Crippen molar-refractivity contribution in [1.29, 1.82) is 0 Å². The van der Waals surface area contributed by atoms with E-state index in [-0.39, 0.29) is 17.8 Å². The van der Waals surface area contributed by atoms with Crippen molar-refractivity contribution in [2.45, 2.75) is 39.2 Å². The minimum Gasteiger partial charge on any atom is -0.444 e. The predicted octanol–water partition coefficient (Wildman–Crippen LogP) is 2.45. The average molecular weight is 290 g/mol. The van der Waals surface area contributed by atoms with Gasteiger partial charge < -0.3 is 9.64 Å². The zero-order valence-electron chi connectivity index (χ0n) is 12.8. The molecule has 1 unspecified atom stereocenters. The van der Waals surface area contributed by atoms with Crippen molar-refractivity contribution in [2.24, 2.45) is 5.92 Å². The van der Waals surface area contributed by atoms with Gasteiger partial charge in [-0.15, -0.1) is 0 Å². The van der Waals surface area contributed by atoms with Crippen LogP contribution in [0.2, 0.25) is 0 Å². The molecule has 0 spiro atoms. The SMILES string of the molecule is CC(C)(C)OC(=O)N1CCC(=O)C(Cc2ccccn2)C1. The van der Waals surface area contributed by atoms with Gasteiger partial charge in [0.2, 0.25) is 0 Å². The number of likely N-dealkylation sites (tertiary alicyclic amines) is 1. The second-order valence-electron chi connectivity index (χ2n) is 6.36. The first-order valence-electron chi connectivity index (χ1n) is 7.26. The molecule has 0 bridgehead atoms. The summed E-state index contributed by atoms with van der Waals surface area (Å²) in [5.74, 6) is 0.00151. The van der Waals surface area contributed by atoms with Gasteiger partial charge in [-0.25, -0.2) is 4.79 Å². The monoisotopic (exact) mass is 290 g/mol. The van der Waals surface area contributed by atoms with E-state index in [1.807, 2.05) is 39.0 Å². The number of amides is 1. The van der Waals surface area contributed by atoms with Gasteiger partial charge in [-0.3, -0.25) is 9.78 Å². The number of hydrogen-bond donors (Lipinski definition) is 0. The molecule has 114 valence electrons. The number of rotatable bonds is 2. The molecule has 2 heterocycles. The third-order valence-electron chi connectivity index (χ3n) is 3.36. The van der Waals surface area contributed by atoms with Crippen molar-refractivity contribution in [3.8, 4) is 0 Å². The van der Waals surface area contributed by atoms with Crippen molar-refractivity contribution in [3.63, 3.8) is 0 Å². The molecule has 5 heteroatoms. The summed E-state index contributed by atoms with van der Waals surface area (Å²) in [6.45, 7) is 6.36. The highest BCUT2D eigenvalue weighted by molar-refractivity contribution is 5.84. The molecule has 0 radical (unpaired) electrons. The van der Waals surface area contributed by atoms with Crippen LogP contribution in [0.15, 0.2) is 24.4 Å². The van der Waals surface area contributed by atoms with E-state index in [1.165, 1.54) is 0 Å².